The first-order valence-corrected chi connectivity index (χ1v) is 7.46. The second kappa shape index (κ2) is 7.75. The summed E-state index contributed by atoms with van der Waals surface area (Å²) in [5, 5.41) is 7.41. The fourth-order valence-corrected chi connectivity index (χ4v) is 2.11. The lowest BCUT2D eigenvalue weighted by Gasteiger charge is -2.16. The molecule has 0 unspecified atom stereocenters. The van der Waals surface area contributed by atoms with E-state index < -0.39 is 5.95 Å². The number of halogens is 2. The van der Waals surface area contributed by atoms with Crippen molar-refractivity contribution >= 4 is 23.2 Å². The molecule has 0 bridgehead atoms. The van der Waals surface area contributed by atoms with Crippen molar-refractivity contribution in [3.8, 4) is 11.6 Å². The van der Waals surface area contributed by atoms with Crippen molar-refractivity contribution in [1.29, 1.82) is 0 Å². The summed E-state index contributed by atoms with van der Waals surface area (Å²) >= 11 is 5.84. The molecule has 2 aromatic rings. The van der Waals surface area contributed by atoms with Gasteiger partial charge in [0.25, 0.3) is 5.90 Å². The topological polar surface area (TPSA) is 87.4 Å². The molecule has 0 radical (unpaired) electrons. The first-order valence-electron chi connectivity index (χ1n) is 7.08. The summed E-state index contributed by atoms with van der Waals surface area (Å²) in [6.45, 7) is 0.644. The van der Waals surface area contributed by atoms with E-state index >= 15 is 0 Å². The van der Waals surface area contributed by atoms with E-state index in [4.69, 9.17) is 30.7 Å². The van der Waals surface area contributed by atoms with Crippen LogP contribution in [-0.2, 0) is 14.4 Å². The van der Waals surface area contributed by atoms with Crippen molar-refractivity contribution in [2.75, 3.05) is 20.3 Å². The van der Waals surface area contributed by atoms with Crippen molar-refractivity contribution < 1.29 is 23.5 Å². The molecule has 1 aliphatic heterocycles. The largest absolute Gasteiger partial charge is 0.470 e. The van der Waals surface area contributed by atoms with Gasteiger partial charge in [0.2, 0.25) is 11.8 Å². The van der Waals surface area contributed by atoms with Crippen LogP contribution in [0.5, 0.6) is 11.6 Å². The van der Waals surface area contributed by atoms with Crippen molar-refractivity contribution in [3.05, 3.63) is 47.1 Å². The molecule has 0 fully saturated rings. The number of hydrogen-bond acceptors (Lipinski definition) is 8. The highest BCUT2D eigenvalue weighted by Crippen LogP contribution is 2.30. The molecule has 0 aliphatic carbocycles. The third kappa shape index (κ3) is 3.77. The smallest absolute Gasteiger partial charge is 0.280 e. The molecule has 0 atom stereocenters. The maximum Gasteiger partial charge on any atom is 0.280 e. The van der Waals surface area contributed by atoms with Gasteiger partial charge in [-0.05, 0) is 17.3 Å². The van der Waals surface area contributed by atoms with Gasteiger partial charge >= 0.3 is 0 Å². The SMILES string of the molecule is CON=C(C1=NOCCO1)c1ccccc1Oc1ncnc(F)c1Cl. The summed E-state index contributed by atoms with van der Waals surface area (Å²) < 4.78 is 24.6. The average molecular weight is 367 g/mol. The fourth-order valence-electron chi connectivity index (χ4n) is 1.97. The number of benzene rings is 1. The number of hydrogen-bond donors (Lipinski definition) is 0. The van der Waals surface area contributed by atoms with E-state index in [1.54, 1.807) is 24.3 Å². The Morgan fingerprint density at radius 2 is 2.12 bits per heavy atom. The summed E-state index contributed by atoms with van der Waals surface area (Å²) in [5.41, 5.74) is 0.701. The lowest BCUT2D eigenvalue weighted by atomic mass is 10.1. The van der Waals surface area contributed by atoms with Crippen molar-refractivity contribution in [2.24, 2.45) is 10.3 Å². The van der Waals surface area contributed by atoms with Crippen LogP contribution in [0.15, 0.2) is 40.9 Å². The number of oxime groups is 2. The third-order valence-corrected chi connectivity index (χ3v) is 3.33. The van der Waals surface area contributed by atoms with Gasteiger partial charge in [-0.2, -0.15) is 9.37 Å². The Morgan fingerprint density at radius 1 is 1.28 bits per heavy atom. The van der Waals surface area contributed by atoms with Crippen LogP contribution in [0.4, 0.5) is 4.39 Å². The number of nitrogens with zero attached hydrogens (tertiary/aromatic N) is 4. The van der Waals surface area contributed by atoms with Crippen LogP contribution in [0, 0.1) is 5.95 Å². The minimum absolute atomic E-state index is 0.129. The van der Waals surface area contributed by atoms with Gasteiger partial charge in [-0.15, -0.1) is 0 Å². The zero-order valence-corrected chi connectivity index (χ0v) is 13.7. The summed E-state index contributed by atoms with van der Waals surface area (Å²) in [7, 11) is 1.38. The minimum atomic E-state index is -0.886. The molecule has 130 valence electrons. The monoisotopic (exact) mass is 366 g/mol. The third-order valence-electron chi connectivity index (χ3n) is 3.01. The number of ether oxygens (including phenoxy) is 2. The molecule has 2 heterocycles. The van der Waals surface area contributed by atoms with Crippen LogP contribution < -0.4 is 4.74 Å². The van der Waals surface area contributed by atoms with Gasteiger partial charge in [0.1, 0.15) is 25.8 Å². The van der Waals surface area contributed by atoms with Gasteiger partial charge in [0.05, 0.1) is 5.56 Å². The zero-order valence-electron chi connectivity index (χ0n) is 13.0. The highest BCUT2D eigenvalue weighted by atomic mass is 35.5. The number of rotatable bonds is 5. The maximum absolute atomic E-state index is 13.5. The molecule has 0 N–H and O–H groups in total. The fraction of sp³-hybridized carbons (Fsp3) is 0.200. The molecule has 1 aromatic carbocycles. The Morgan fingerprint density at radius 3 is 2.88 bits per heavy atom. The molecule has 3 rings (SSSR count). The van der Waals surface area contributed by atoms with Crippen LogP contribution in [-0.4, -0.2) is 41.9 Å². The summed E-state index contributed by atoms with van der Waals surface area (Å²) in [6, 6.07) is 6.79. The van der Waals surface area contributed by atoms with E-state index in [9.17, 15) is 4.39 Å². The molecule has 0 saturated carbocycles. The summed E-state index contributed by atoms with van der Waals surface area (Å²) in [4.78, 5) is 17.1. The molecule has 25 heavy (non-hydrogen) atoms. The van der Waals surface area contributed by atoms with Crippen molar-refractivity contribution in [1.82, 2.24) is 9.97 Å². The Labute approximate surface area is 146 Å². The van der Waals surface area contributed by atoms with E-state index in [-0.39, 0.29) is 28.3 Å². The Bertz CT molecular complexity index is 831. The Kier molecular flexibility index (Phi) is 5.24. The van der Waals surface area contributed by atoms with Gasteiger partial charge in [-0.25, -0.2) is 4.98 Å². The van der Waals surface area contributed by atoms with E-state index in [1.807, 2.05) is 0 Å². The van der Waals surface area contributed by atoms with Crippen LogP contribution in [0.1, 0.15) is 5.56 Å². The quantitative estimate of drug-likeness (QED) is 0.459. The Hall–Kier alpha value is -2.94. The predicted octanol–water partition coefficient (Wildman–Crippen LogP) is 2.77. The maximum atomic E-state index is 13.5. The zero-order chi connectivity index (χ0) is 17.6. The molecule has 0 spiro atoms. The molecule has 1 aromatic heterocycles. The van der Waals surface area contributed by atoms with Crippen LogP contribution >= 0.6 is 11.6 Å². The van der Waals surface area contributed by atoms with Crippen molar-refractivity contribution in [2.45, 2.75) is 0 Å². The van der Waals surface area contributed by atoms with Gasteiger partial charge in [0, 0.05) is 0 Å². The molecular formula is C15H12ClFN4O4. The van der Waals surface area contributed by atoms with Gasteiger partial charge in [-0.1, -0.05) is 28.9 Å². The van der Waals surface area contributed by atoms with Gasteiger partial charge in [0.15, 0.2) is 17.3 Å². The molecule has 8 nitrogen and oxygen atoms in total. The minimum Gasteiger partial charge on any atom is -0.470 e. The molecule has 10 heteroatoms. The Balaban J connectivity index is 2.01. The standard InChI is InChI=1S/C15H12ClFN4O4/c1-22-20-12(15-21-24-7-6-23-15)9-4-2-3-5-10(9)25-14-11(16)13(17)18-8-19-14/h2-5,8H,6-7H2,1H3. The highest BCUT2D eigenvalue weighted by molar-refractivity contribution is 6.45. The molecule has 0 amide bonds. The lowest BCUT2D eigenvalue weighted by Crippen LogP contribution is -2.25. The van der Waals surface area contributed by atoms with Gasteiger partial charge in [-0.3, -0.25) is 0 Å². The molecule has 0 saturated heterocycles. The highest BCUT2D eigenvalue weighted by Gasteiger charge is 2.23. The molecule has 1 aliphatic rings. The van der Waals surface area contributed by atoms with E-state index in [2.05, 4.69) is 20.3 Å². The van der Waals surface area contributed by atoms with Crippen LogP contribution in [0.25, 0.3) is 0 Å². The first-order chi connectivity index (χ1) is 12.2. The number of para-hydroxylation sites is 1. The van der Waals surface area contributed by atoms with E-state index in [1.165, 1.54) is 7.11 Å². The summed E-state index contributed by atoms with van der Waals surface area (Å²) in [6.07, 6.45) is 1.01. The normalized spacial score (nSPS) is 14.2. The average Bonchev–Trinajstić information content (AvgIpc) is 2.65. The summed E-state index contributed by atoms with van der Waals surface area (Å²) in [5.74, 6) is -0.608. The first kappa shape index (κ1) is 16.9. The second-order valence-electron chi connectivity index (χ2n) is 4.58. The van der Waals surface area contributed by atoms with E-state index in [0.717, 1.165) is 6.33 Å². The second-order valence-corrected chi connectivity index (χ2v) is 4.96. The van der Waals surface area contributed by atoms with Crippen molar-refractivity contribution in [3.63, 3.8) is 0 Å². The lowest BCUT2D eigenvalue weighted by molar-refractivity contribution is 0.0672. The predicted molar refractivity (Wildman–Crippen MR) is 86.4 cm³/mol. The van der Waals surface area contributed by atoms with E-state index in [0.29, 0.717) is 18.8 Å². The number of aromatic nitrogens is 2. The van der Waals surface area contributed by atoms with Gasteiger partial charge < -0.3 is 19.1 Å². The molecular weight excluding hydrogens is 355 g/mol. The van der Waals surface area contributed by atoms with Crippen LogP contribution in [0.3, 0.4) is 0 Å². The van der Waals surface area contributed by atoms with Crippen LogP contribution in [0.2, 0.25) is 5.02 Å².